The largest absolute Gasteiger partial charge is 0.493 e. The maximum atomic E-state index is 12.6. The van der Waals surface area contributed by atoms with Crippen LogP contribution >= 0.6 is 0 Å². The van der Waals surface area contributed by atoms with Crippen LogP contribution in [0.3, 0.4) is 0 Å². The fourth-order valence-corrected chi connectivity index (χ4v) is 4.35. The molecular weight excluding hydrogens is 406 g/mol. The number of hydrogen-bond acceptors (Lipinski definition) is 8. The minimum absolute atomic E-state index is 0.156. The Bertz CT molecular complexity index is 1180. The van der Waals surface area contributed by atoms with Crippen molar-refractivity contribution in [2.75, 3.05) is 38.4 Å². The molecule has 0 unspecified atom stereocenters. The van der Waals surface area contributed by atoms with Crippen molar-refractivity contribution in [1.29, 1.82) is 0 Å². The lowest BCUT2D eigenvalue weighted by molar-refractivity contribution is 0.356. The topological polar surface area (TPSA) is 128 Å². The second kappa shape index (κ2) is 8.72. The molecule has 0 bridgehead atoms. The number of aromatic nitrogens is 2. The average Bonchev–Trinajstić information content (AvgIpc) is 2.72. The Morgan fingerprint density at radius 2 is 1.70 bits per heavy atom. The highest BCUT2D eigenvalue weighted by Gasteiger charge is 2.16. The molecule has 10 heteroatoms. The SMILES string of the molecule is COc1cc2nc(NCCNS(=O)(=O)c3cc(C)ccc3C)nc(N)c2cc1OC. The van der Waals surface area contributed by atoms with E-state index in [1.165, 1.54) is 14.2 Å². The molecule has 30 heavy (non-hydrogen) atoms. The van der Waals surface area contributed by atoms with Gasteiger partial charge in [0.15, 0.2) is 11.5 Å². The molecule has 3 aromatic rings. The first-order valence-electron chi connectivity index (χ1n) is 9.25. The molecule has 9 nitrogen and oxygen atoms in total. The number of rotatable bonds is 8. The van der Waals surface area contributed by atoms with E-state index in [-0.39, 0.29) is 29.8 Å². The smallest absolute Gasteiger partial charge is 0.240 e. The number of nitrogens with zero attached hydrogens (tertiary/aromatic N) is 2. The van der Waals surface area contributed by atoms with Gasteiger partial charge in [-0.2, -0.15) is 4.98 Å². The molecule has 1 heterocycles. The van der Waals surface area contributed by atoms with Gasteiger partial charge < -0.3 is 20.5 Å². The molecule has 0 aliphatic carbocycles. The number of anilines is 2. The first kappa shape index (κ1) is 21.6. The van der Waals surface area contributed by atoms with E-state index in [2.05, 4.69) is 20.0 Å². The zero-order valence-electron chi connectivity index (χ0n) is 17.3. The summed E-state index contributed by atoms with van der Waals surface area (Å²) in [6.45, 7) is 4.05. The van der Waals surface area contributed by atoms with Gasteiger partial charge in [-0.3, -0.25) is 0 Å². The maximum Gasteiger partial charge on any atom is 0.240 e. The van der Waals surface area contributed by atoms with E-state index in [1.807, 2.05) is 13.0 Å². The predicted molar refractivity (Wildman–Crippen MR) is 117 cm³/mol. The summed E-state index contributed by atoms with van der Waals surface area (Å²) in [5, 5.41) is 3.63. The molecule has 0 aliphatic heterocycles. The van der Waals surface area contributed by atoms with Gasteiger partial charge in [-0.1, -0.05) is 12.1 Å². The molecular formula is C20H25N5O4S. The molecule has 4 N–H and O–H groups in total. The molecule has 160 valence electrons. The van der Waals surface area contributed by atoms with E-state index in [0.717, 1.165) is 5.56 Å². The van der Waals surface area contributed by atoms with E-state index in [0.29, 0.717) is 28.0 Å². The van der Waals surface area contributed by atoms with Crippen LogP contribution in [0.25, 0.3) is 10.9 Å². The number of benzene rings is 2. The number of sulfonamides is 1. The Kier molecular flexibility index (Phi) is 6.28. The van der Waals surface area contributed by atoms with Crippen LogP contribution in [0, 0.1) is 13.8 Å². The molecule has 1 aromatic heterocycles. The van der Waals surface area contributed by atoms with Crippen molar-refractivity contribution < 1.29 is 17.9 Å². The molecule has 2 aromatic carbocycles. The first-order chi connectivity index (χ1) is 14.2. The van der Waals surface area contributed by atoms with Gasteiger partial charge in [0.2, 0.25) is 16.0 Å². The lowest BCUT2D eigenvalue weighted by Crippen LogP contribution is -2.29. The normalized spacial score (nSPS) is 11.5. The second-order valence-corrected chi connectivity index (χ2v) is 8.49. The number of methoxy groups -OCH3 is 2. The van der Waals surface area contributed by atoms with Gasteiger partial charge in [0.25, 0.3) is 0 Å². The number of fused-ring (bicyclic) bond motifs is 1. The summed E-state index contributed by atoms with van der Waals surface area (Å²) in [6.07, 6.45) is 0. The van der Waals surface area contributed by atoms with Crippen molar-refractivity contribution in [2.24, 2.45) is 0 Å². The number of nitrogens with two attached hydrogens (primary N) is 1. The summed E-state index contributed by atoms with van der Waals surface area (Å²) in [6, 6.07) is 8.74. The summed E-state index contributed by atoms with van der Waals surface area (Å²) in [4.78, 5) is 8.93. The minimum Gasteiger partial charge on any atom is -0.493 e. The van der Waals surface area contributed by atoms with E-state index in [4.69, 9.17) is 15.2 Å². The Labute approximate surface area is 175 Å². The minimum atomic E-state index is -3.61. The molecule has 0 amide bonds. The number of nitrogens with one attached hydrogen (secondary N) is 2. The van der Waals surface area contributed by atoms with Crippen LogP contribution in [0.15, 0.2) is 35.2 Å². The van der Waals surface area contributed by atoms with Crippen LogP contribution in [0.4, 0.5) is 11.8 Å². The summed E-state index contributed by atoms with van der Waals surface area (Å²) in [5.74, 6) is 1.62. The van der Waals surface area contributed by atoms with Crippen molar-refractivity contribution >= 4 is 32.7 Å². The van der Waals surface area contributed by atoms with Crippen LogP contribution < -0.4 is 25.2 Å². The van der Waals surface area contributed by atoms with Crippen LogP contribution in [0.1, 0.15) is 11.1 Å². The van der Waals surface area contributed by atoms with Crippen LogP contribution in [-0.4, -0.2) is 45.7 Å². The zero-order chi connectivity index (χ0) is 21.9. The summed E-state index contributed by atoms with van der Waals surface area (Å²) in [7, 11) is -0.539. The predicted octanol–water partition coefficient (Wildman–Crippen LogP) is 2.24. The highest BCUT2D eigenvalue weighted by molar-refractivity contribution is 7.89. The van der Waals surface area contributed by atoms with Gasteiger partial charge in [-0.25, -0.2) is 18.1 Å². The van der Waals surface area contributed by atoms with Crippen molar-refractivity contribution in [3.05, 3.63) is 41.5 Å². The molecule has 0 atom stereocenters. The summed E-state index contributed by atoms with van der Waals surface area (Å²) >= 11 is 0. The lowest BCUT2D eigenvalue weighted by Gasteiger charge is -2.12. The molecule has 0 radical (unpaired) electrons. The van der Waals surface area contributed by atoms with E-state index < -0.39 is 10.0 Å². The van der Waals surface area contributed by atoms with E-state index >= 15 is 0 Å². The van der Waals surface area contributed by atoms with Crippen LogP contribution in [0.2, 0.25) is 0 Å². The Balaban J connectivity index is 1.71. The van der Waals surface area contributed by atoms with Gasteiger partial charge in [0.05, 0.1) is 24.6 Å². The third-order valence-electron chi connectivity index (χ3n) is 4.56. The third-order valence-corrected chi connectivity index (χ3v) is 6.17. The molecule has 0 saturated heterocycles. The van der Waals surface area contributed by atoms with Gasteiger partial charge in [-0.15, -0.1) is 0 Å². The highest BCUT2D eigenvalue weighted by Crippen LogP contribution is 2.33. The molecule has 0 saturated carbocycles. The van der Waals surface area contributed by atoms with Gasteiger partial charge >= 0.3 is 0 Å². The first-order valence-corrected chi connectivity index (χ1v) is 10.7. The Morgan fingerprint density at radius 3 is 2.40 bits per heavy atom. The van der Waals surface area contributed by atoms with Gasteiger partial charge in [-0.05, 0) is 37.1 Å². The van der Waals surface area contributed by atoms with Crippen molar-refractivity contribution in [3.8, 4) is 11.5 Å². The van der Waals surface area contributed by atoms with Crippen molar-refractivity contribution in [2.45, 2.75) is 18.7 Å². The number of hydrogen-bond donors (Lipinski definition) is 3. The molecule has 3 rings (SSSR count). The Morgan fingerprint density at radius 1 is 1.00 bits per heavy atom. The second-order valence-electron chi connectivity index (χ2n) is 6.75. The van der Waals surface area contributed by atoms with Gasteiger partial charge in [0, 0.05) is 24.5 Å². The summed E-state index contributed by atoms with van der Waals surface area (Å²) < 4.78 is 38.3. The fraction of sp³-hybridized carbons (Fsp3) is 0.300. The highest BCUT2D eigenvalue weighted by atomic mass is 32.2. The maximum absolute atomic E-state index is 12.6. The number of aryl methyl sites for hydroxylation is 2. The quantitative estimate of drug-likeness (QED) is 0.463. The monoisotopic (exact) mass is 431 g/mol. The summed E-state index contributed by atoms with van der Waals surface area (Å²) in [5.41, 5.74) is 8.21. The zero-order valence-corrected chi connectivity index (χ0v) is 18.1. The Hall–Kier alpha value is -3.11. The van der Waals surface area contributed by atoms with Crippen molar-refractivity contribution in [3.63, 3.8) is 0 Å². The van der Waals surface area contributed by atoms with Crippen LogP contribution in [-0.2, 0) is 10.0 Å². The molecule has 0 aliphatic rings. The third kappa shape index (κ3) is 4.55. The van der Waals surface area contributed by atoms with E-state index in [1.54, 1.807) is 31.2 Å². The average molecular weight is 432 g/mol. The molecule has 0 spiro atoms. The number of nitrogen functional groups attached to an aromatic ring is 1. The number of ether oxygens (including phenoxy) is 2. The van der Waals surface area contributed by atoms with Gasteiger partial charge in [0.1, 0.15) is 5.82 Å². The van der Waals surface area contributed by atoms with E-state index in [9.17, 15) is 8.42 Å². The molecule has 0 fully saturated rings. The van der Waals surface area contributed by atoms with Crippen LogP contribution in [0.5, 0.6) is 11.5 Å². The lowest BCUT2D eigenvalue weighted by atomic mass is 10.2. The standard InChI is InChI=1S/C20H25N5O4S/c1-12-5-6-13(2)18(9-12)30(26,27)23-8-7-22-20-24-15-11-17(29-4)16(28-3)10-14(15)19(21)25-20/h5-6,9-11,23H,7-8H2,1-4H3,(H3,21,22,24,25). The van der Waals surface area contributed by atoms with Crippen molar-refractivity contribution in [1.82, 2.24) is 14.7 Å². The fourth-order valence-electron chi connectivity index (χ4n) is 2.99.